The summed E-state index contributed by atoms with van der Waals surface area (Å²) >= 11 is 1.16. The molecule has 2 amide bonds. The van der Waals surface area contributed by atoms with E-state index in [0.29, 0.717) is 11.5 Å². The molecule has 2 rings (SSSR count). The van der Waals surface area contributed by atoms with Crippen molar-refractivity contribution in [2.24, 2.45) is 5.92 Å². The Morgan fingerprint density at radius 1 is 1.50 bits per heavy atom. The second-order valence-corrected chi connectivity index (χ2v) is 5.91. The highest BCUT2D eigenvalue weighted by atomic mass is 32.1. The standard InChI is InChI=1S/C13H16N2O4S/c1-7(2)15-6-8(5-10(15)16)11(17)14-12-9(13(18)19)3-4-20-12/h3-4,7-8H,5-6H2,1-2H3,(H,14,17)(H,18,19). The van der Waals surface area contributed by atoms with Gasteiger partial charge in [0.15, 0.2) is 0 Å². The van der Waals surface area contributed by atoms with Gasteiger partial charge in [-0.25, -0.2) is 4.79 Å². The number of nitrogens with one attached hydrogen (secondary N) is 1. The van der Waals surface area contributed by atoms with Gasteiger partial charge in [0, 0.05) is 19.0 Å². The third-order valence-corrected chi connectivity index (χ3v) is 4.11. The molecule has 1 atom stereocenters. The lowest BCUT2D eigenvalue weighted by Gasteiger charge is -2.20. The summed E-state index contributed by atoms with van der Waals surface area (Å²) in [4.78, 5) is 36.5. The Morgan fingerprint density at radius 3 is 2.75 bits per heavy atom. The van der Waals surface area contributed by atoms with Crippen molar-refractivity contribution >= 4 is 34.1 Å². The molecule has 1 saturated heterocycles. The van der Waals surface area contributed by atoms with Crippen molar-refractivity contribution in [2.75, 3.05) is 11.9 Å². The van der Waals surface area contributed by atoms with Gasteiger partial charge in [0.25, 0.3) is 0 Å². The summed E-state index contributed by atoms with van der Waals surface area (Å²) in [5.74, 6) is -1.84. The van der Waals surface area contributed by atoms with E-state index in [1.807, 2.05) is 13.8 Å². The summed E-state index contributed by atoms with van der Waals surface area (Å²) in [7, 11) is 0. The zero-order chi connectivity index (χ0) is 14.9. The quantitative estimate of drug-likeness (QED) is 0.884. The molecule has 0 aromatic carbocycles. The number of carboxylic acids is 1. The van der Waals surface area contributed by atoms with Crippen LogP contribution in [0.4, 0.5) is 5.00 Å². The van der Waals surface area contributed by atoms with Crippen LogP contribution in [-0.2, 0) is 9.59 Å². The van der Waals surface area contributed by atoms with Crippen LogP contribution < -0.4 is 5.32 Å². The first-order valence-electron chi connectivity index (χ1n) is 6.31. The predicted molar refractivity (Wildman–Crippen MR) is 74.9 cm³/mol. The van der Waals surface area contributed by atoms with E-state index in [0.717, 1.165) is 11.3 Å². The molecule has 1 aromatic heterocycles. The highest BCUT2D eigenvalue weighted by Crippen LogP contribution is 2.26. The first-order valence-corrected chi connectivity index (χ1v) is 7.19. The third-order valence-electron chi connectivity index (χ3n) is 3.28. The van der Waals surface area contributed by atoms with E-state index < -0.39 is 11.9 Å². The normalized spacial score (nSPS) is 18.6. The van der Waals surface area contributed by atoms with Gasteiger partial charge in [-0.1, -0.05) is 0 Å². The average Bonchev–Trinajstić information content (AvgIpc) is 2.95. The largest absolute Gasteiger partial charge is 0.478 e. The molecule has 1 aliphatic rings. The number of carbonyl (C=O) groups excluding carboxylic acids is 2. The lowest BCUT2D eigenvalue weighted by molar-refractivity contribution is -0.129. The van der Waals surface area contributed by atoms with Crippen LogP contribution in [0.3, 0.4) is 0 Å². The van der Waals surface area contributed by atoms with Gasteiger partial charge in [-0.15, -0.1) is 11.3 Å². The fraction of sp³-hybridized carbons (Fsp3) is 0.462. The number of nitrogens with zero attached hydrogens (tertiary/aromatic N) is 1. The van der Waals surface area contributed by atoms with E-state index >= 15 is 0 Å². The van der Waals surface area contributed by atoms with Crippen molar-refractivity contribution in [3.63, 3.8) is 0 Å². The van der Waals surface area contributed by atoms with Crippen LogP contribution in [0, 0.1) is 5.92 Å². The van der Waals surface area contributed by atoms with Crippen LogP contribution in [0.1, 0.15) is 30.6 Å². The second kappa shape index (κ2) is 5.62. The zero-order valence-corrected chi connectivity index (χ0v) is 12.1. The number of hydrogen-bond acceptors (Lipinski definition) is 4. The lowest BCUT2D eigenvalue weighted by atomic mass is 10.1. The van der Waals surface area contributed by atoms with Crippen molar-refractivity contribution in [3.8, 4) is 0 Å². The molecule has 20 heavy (non-hydrogen) atoms. The minimum atomic E-state index is -1.08. The summed E-state index contributed by atoms with van der Waals surface area (Å²) in [5.41, 5.74) is 0.0772. The summed E-state index contributed by atoms with van der Waals surface area (Å²) in [5, 5.41) is 13.5. The van der Waals surface area contributed by atoms with Crippen LogP contribution in [0.15, 0.2) is 11.4 Å². The first kappa shape index (κ1) is 14.5. The molecule has 7 heteroatoms. The van der Waals surface area contributed by atoms with Crippen molar-refractivity contribution in [1.82, 2.24) is 4.90 Å². The number of amides is 2. The van der Waals surface area contributed by atoms with E-state index in [2.05, 4.69) is 5.32 Å². The van der Waals surface area contributed by atoms with Gasteiger partial charge >= 0.3 is 5.97 Å². The van der Waals surface area contributed by atoms with Crippen molar-refractivity contribution in [2.45, 2.75) is 26.3 Å². The first-order chi connectivity index (χ1) is 9.40. The Hall–Kier alpha value is -1.89. The van der Waals surface area contributed by atoms with Crippen LogP contribution in [0.2, 0.25) is 0 Å². The Balaban J connectivity index is 2.05. The Morgan fingerprint density at radius 2 is 2.20 bits per heavy atom. The van der Waals surface area contributed by atoms with Gasteiger partial charge in [-0.3, -0.25) is 9.59 Å². The van der Waals surface area contributed by atoms with Crippen molar-refractivity contribution in [3.05, 3.63) is 17.0 Å². The van der Waals surface area contributed by atoms with Crippen LogP contribution in [-0.4, -0.2) is 40.4 Å². The van der Waals surface area contributed by atoms with E-state index in [1.165, 1.54) is 6.07 Å². The highest BCUT2D eigenvalue weighted by molar-refractivity contribution is 7.14. The number of carbonyl (C=O) groups is 3. The fourth-order valence-electron chi connectivity index (χ4n) is 2.19. The van der Waals surface area contributed by atoms with E-state index in [-0.39, 0.29) is 29.8 Å². The topological polar surface area (TPSA) is 86.7 Å². The molecule has 1 unspecified atom stereocenters. The molecule has 0 aliphatic carbocycles. The van der Waals surface area contributed by atoms with E-state index in [1.54, 1.807) is 10.3 Å². The van der Waals surface area contributed by atoms with Crippen LogP contribution in [0.5, 0.6) is 0 Å². The lowest BCUT2D eigenvalue weighted by Crippen LogP contribution is -2.33. The second-order valence-electron chi connectivity index (χ2n) is 5.00. The SMILES string of the molecule is CC(C)N1CC(C(=O)Nc2sccc2C(=O)O)CC1=O. The number of thiophene rings is 1. The molecule has 1 fully saturated rings. The summed E-state index contributed by atoms with van der Waals surface area (Å²) < 4.78 is 0. The third kappa shape index (κ3) is 2.82. The van der Waals surface area contributed by atoms with Crippen molar-refractivity contribution < 1.29 is 19.5 Å². The summed E-state index contributed by atoms with van der Waals surface area (Å²) in [6.45, 7) is 4.19. The van der Waals surface area contributed by atoms with Gasteiger partial charge in [0.2, 0.25) is 11.8 Å². The zero-order valence-electron chi connectivity index (χ0n) is 11.3. The maximum Gasteiger partial charge on any atom is 0.338 e. The molecule has 6 nitrogen and oxygen atoms in total. The predicted octanol–water partition coefficient (Wildman–Crippen LogP) is 1.64. The molecule has 1 aromatic rings. The molecular formula is C13H16N2O4S. The van der Waals surface area contributed by atoms with Gasteiger partial charge in [0.1, 0.15) is 5.00 Å². The number of hydrogen-bond donors (Lipinski definition) is 2. The number of likely N-dealkylation sites (tertiary alicyclic amines) is 1. The number of rotatable bonds is 4. The number of anilines is 1. The molecular weight excluding hydrogens is 280 g/mol. The molecule has 2 N–H and O–H groups in total. The van der Waals surface area contributed by atoms with Gasteiger partial charge < -0.3 is 15.3 Å². The maximum absolute atomic E-state index is 12.1. The molecule has 0 spiro atoms. The molecule has 1 aliphatic heterocycles. The average molecular weight is 296 g/mol. The molecule has 108 valence electrons. The highest BCUT2D eigenvalue weighted by Gasteiger charge is 2.35. The van der Waals surface area contributed by atoms with E-state index in [4.69, 9.17) is 5.11 Å². The smallest absolute Gasteiger partial charge is 0.338 e. The number of carboxylic acid groups (broad SMARTS) is 1. The Bertz CT molecular complexity index is 552. The number of aromatic carboxylic acids is 1. The molecule has 0 radical (unpaired) electrons. The molecule has 0 bridgehead atoms. The van der Waals surface area contributed by atoms with Gasteiger partial charge in [-0.2, -0.15) is 0 Å². The maximum atomic E-state index is 12.1. The fourth-order valence-corrected chi connectivity index (χ4v) is 2.98. The molecule has 0 saturated carbocycles. The minimum absolute atomic E-state index is 0.0372. The van der Waals surface area contributed by atoms with Crippen LogP contribution in [0.25, 0.3) is 0 Å². The van der Waals surface area contributed by atoms with Gasteiger partial charge in [0.05, 0.1) is 11.5 Å². The summed E-state index contributed by atoms with van der Waals surface area (Å²) in [6.07, 6.45) is 0.178. The van der Waals surface area contributed by atoms with E-state index in [9.17, 15) is 14.4 Å². The van der Waals surface area contributed by atoms with Crippen molar-refractivity contribution in [1.29, 1.82) is 0 Å². The molecule has 2 heterocycles. The minimum Gasteiger partial charge on any atom is -0.478 e. The van der Waals surface area contributed by atoms with Crippen LogP contribution >= 0.6 is 11.3 Å². The van der Waals surface area contributed by atoms with Gasteiger partial charge in [-0.05, 0) is 25.3 Å². The Kier molecular flexibility index (Phi) is 4.08. The Labute approximate surface area is 120 Å². The summed E-state index contributed by atoms with van der Waals surface area (Å²) in [6, 6.07) is 1.51. The monoisotopic (exact) mass is 296 g/mol.